The summed E-state index contributed by atoms with van der Waals surface area (Å²) in [7, 11) is 0. The third-order valence-corrected chi connectivity index (χ3v) is 3.84. The Morgan fingerprint density at radius 3 is 2.75 bits per heavy atom. The van der Waals surface area contributed by atoms with Gasteiger partial charge in [-0.05, 0) is 22.9 Å². The average molecular weight is 284 g/mol. The first kappa shape index (κ1) is 12.6. The van der Waals surface area contributed by atoms with Gasteiger partial charge in [0.15, 0.2) is 0 Å². The number of aromatic carboxylic acids is 1. The topological polar surface area (TPSA) is 62.2 Å². The molecule has 3 rings (SSSR count). The number of nitrogens with zero attached hydrogens (tertiary/aromatic N) is 1. The first-order chi connectivity index (χ1) is 9.72. The first-order valence-corrected chi connectivity index (χ1v) is 7.01. The smallest absolute Gasteiger partial charge is 0.365 e. The largest absolute Gasteiger partial charge is 0.476 e. The molecule has 3 aromatic rings. The Bertz CT molecular complexity index is 767. The summed E-state index contributed by atoms with van der Waals surface area (Å²) in [6.07, 6.45) is 0. The molecule has 0 atom stereocenters. The fourth-order valence-electron chi connectivity index (χ4n) is 1.98. The van der Waals surface area contributed by atoms with Gasteiger partial charge in [-0.3, -0.25) is 0 Å². The monoisotopic (exact) mass is 284 g/mol. The summed E-state index contributed by atoms with van der Waals surface area (Å²) in [5, 5.41) is 16.3. The lowest BCUT2D eigenvalue weighted by molar-refractivity contribution is 0.0696. The maximum Gasteiger partial charge on any atom is 0.365 e. The lowest BCUT2D eigenvalue weighted by Gasteiger charge is -2.06. The average Bonchev–Trinajstić information content (AvgIpc) is 2.94. The summed E-state index contributed by atoms with van der Waals surface area (Å²) in [5.74, 6) is -0.980. The number of rotatable bonds is 4. The molecule has 20 heavy (non-hydrogen) atoms. The highest BCUT2D eigenvalue weighted by Gasteiger charge is 2.08. The second-order valence-corrected chi connectivity index (χ2v) is 5.22. The lowest BCUT2D eigenvalue weighted by Crippen LogP contribution is -2.01. The van der Waals surface area contributed by atoms with Gasteiger partial charge in [0, 0.05) is 11.1 Å². The van der Waals surface area contributed by atoms with Gasteiger partial charge in [0.2, 0.25) is 5.01 Å². The molecule has 5 heteroatoms. The van der Waals surface area contributed by atoms with Crippen LogP contribution in [0, 0.1) is 0 Å². The van der Waals surface area contributed by atoms with Crippen LogP contribution in [0.15, 0.2) is 47.8 Å². The molecule has 100 valence electrons. The molecule has 1 heterocycles. The Hall–Kier alpha value is -2.40. The summed E-state index contributed by atoms with van der Waals surface area (Å²) in [6.45, 7) is 0.516. The van der Waals surface area contributed by atoms with E-state index in [0.717, 1.165) is 22.7 Å². The van der Waals surface area contributed by atoms with Crippen LogP contribution < -0.4 is 5.32 Å². The third kappa shape index (κ3) is 2.62. The maximum absolute atomic E-state index is 10.8. The second kappa shape index (κ2) is 5.30. The van der Waals surface area contributed by atoms with Crippen molar-refractivity contribution in [1.29, 1.82) is 0 Å². The number of nitrogens with one attached hydrogen (secondary N) is 1. The highest BCUT2D eigenvalue weighted by molar-refractivity contribution is 7.11. The van der Waals surface area contributed by atoms with Gasteiger partial charge >= 0.3 is 5.97 Å². The summed E-state index contributed by atoms with van der Waals surface area (Å²) < 4.78 is 0. The molecule has 0 amide bonds. The number of thiazole rings is 1. The molecule has 2 aromatic carbocycles. The Labute approximate surface area is 119 Å². The zero-order chi connectivity index (χ0) is 13.9. The third-order valence-electron chi connectivity index (χ3n) is 2.96. The van der Waals surface area contributed by atoms with Gasteiger partial charge < -0.3 is 10.4 Å². The minimum absolute atomic E-state index is 0.125. The minimum atomic E-state index is -0.980. The number of hydrogen-bond donors (Lipinski definition) is 2. The van der Waals surface area contributed by atoms with Crippen LogP contribution in [-0.4, -0.2) is 16.1 Å². The summed E-state index contributed by atoms with van der Waals surface area (Å²) in [4.78, 5) is 14.8. The first-order valence-electron chi connectivity index (χ1n) is 6.13. The Morgan fingerprint density at radius 1 is 1.20 bits per heavy atom. The Kier molecular flexibility index (Phi) is 3.35. The molecule has 0 unspecified atom stereocenters. The van der Waals surface area contributed by atoms with Crippen molar-refractivity contribution in [3.8, 4) is 0 Å². The maximum atomic E-state index is 10.8. The molecule has 4 nitrogen and oxygen atoms in total. The van der Waals surface area contributed by atoms with Crippen LogP contribution in [0.5, 0.6) is 0 Å². The van der Waals surface area contributed by atoms with Gasteiger partial charge in [0.05, 0.1) is 12.2 Å². The van der Waals surface area contributed by atoms with Crippen LogP contribution in [0.3, 0.4) is 0 Å². The van der Waals surface area contributed by atoms with E-state index in [-0.39, 0.29) is 5.01 Å². The number of aromatic nitrogens is 1. The van der Waals surface area contributed by atoms with Gasteiger partial charge in [-0.25, -0.2) is 9.78 Å². The highest BCUT2D eigenvalue weighted by Crippen LogP contribution is 2.19. The van der Waals surface area contributed by atoms with Crippen molar-refractivity contribution in [2.45, 2.75) is 6.54 Å². The Morgan fingerprint density at radius 2 is 2.00 bits per heavy atom. The molecule has 0 bridgehead atoms. The van der Waals surface area contributed by atoms with E-state index < -0.39 is 5.97 Å². The van der Waals surface area contributed by atoms with E-state index in [1.165, 1.54) is 10.8 Å². The summed E-state index contributed by atoms with van der Waals surface area (Å²) in [6, 6.07) is 14.3. The minimum Gasteiger partial charge on any atom is -0.476 e. The molecule has 0 fully saturated rings. The van der Waals surface area contributed by atoms with Crippen LogP contribution >= 0.6 is 11.3 Å². The molecule has 0 aliphatic rings. The summed E-state index contributed by atoms with van der Waals surface area (Å²) >= 11 is 1.14. The SMILES string of the molecule is O=C(O)c1nc(CNc2ccc3ccccc3c2)cs1. The van der Waals surface area contributed by atoms with Crippen LogP contribution in [0.4, 0.5) is 5.69 Å². The summed E-state index contributed by atoms with van der Waals surface area (Å²) in [5.41, 5.74) is 1.73. The van der Waals surface area contributed by atoms with Crippen LogP contribution in [0.2, 0.25) is 0 Å². The van der Waals surface area contributed by atoms with Crippen molar-refractivity contribution < 1.29 is 9.90 Å². The van der Waals surface area contributed by atoms with Crippen molar-refractivity contribution in [1.82, 2.24) is 4.98 Å². The van der Waals surface area contributed by atoms with Crippen molar-refractivity contribution in [2.24, 2.45) is 0 Å². The molecule has 0 saturated carbocycles. The van der Waals surface area contributed by atoms with Crippen LogP contribution in [0.1, 0.15) is 15.5 Å². The van der Waals surface area contributed by atoms with Gasteiger partial charge in [-0.15, -0.1) is 11.3 Å². The fraction of sp³-hybridized carbons (Fsp3) is 0.0667. The molecular formula is C15H12N2O2S. The lowest BCUT2D eigenvalue weighted by atomic mass is 10.1. The van der Waals surface area contributed by atoms with Crippen molar-refractivity contribution in [3.05, 3.63) is 58.5 Å². The van der Waals surface area contributed by atoms with E-state index in [2.05, 4.69) is 34.6 Å². The highest BCUT2D eigenvalue weighted by atomic mass is 32.1. The van der Waals surface area contributed by atoms with E-state index >= 15 is 0 Å². The Balaban J connectivity index is 1.74. The molecule has 0 aliphatic heterocycles. The predicted molar refractivity (Wildman–Crippen MR) is 80.3 cm³/mol. The molecule has 0 radical (unpaired) electrons. The number of anilines is 1. The van der Waals surface area contributed by atoms with Gasteiger partial charge in [0.1, 0.15) is 0 Å². The second-order valence-electron chi connectivity index (χ2n) is 4.36. The molecule has 0 aliphatic carbocycles. The number of carbonyl (C=O) groups is 1. The van der Waals surface area contributed by atoms with Gasteiger partial charge in [-0.2, -0.15) is 0 Å². The normalized spacial score (nSPS) is 10.6. The van der Waals surface area contributed by atoms with Gasteiger partial charge in [0.25, 0.3) is 0 Å². The molecule has 2 N–H and O–H groups in total. The van der Waals surface area contributed by atoms with E-state index in [9.17, 15) is 4.79 Å². The van der Waals surface area contributed by atoms with Crippen molar-refractivity contribution in [2.75, 3.05) is 5.32 Å². The zero-order valence-corrected chi connectivity index (χ0v) is 11.4. The van der Waals surface area contributed by atoms with E-state index in [0.29, 0.717) is 6.54 Å². The number of hydrogen-bond acceptors (Lipinski definition) is 4. The van der Waals surface area contributed by atoms with E-state index in [1.54, 1.807) is 5.38 Å². The number of fused-ring (bicyclic) bond motifs is 1. The van der Waals surface area contributed by atoms with Crippen molar-refractivity contribution >= 4 is 33.8 Å². The number of carboxylic acids is 1. The van der Waals surface area contributed by atoms with Crippen LogP contribution in [0.25, 0.3) is 10.8 Å². The van der Waals surface area contributed by atoms with Crippen LogP contribution in [-0.2, 0) is 6.54 Å². The quantitative estimate of drug-likeness (QED) is 0.768. The fourth-order valence-corrected chi connectivity index (χ4v) is 2.63. The number of benzene rings is 2. The zero-order valence-electron chi connectivity index (χ0n) is 10.5. The standard InChI is InChI=1S/C15H12N2O2S/c18-15(19)14-17-13(9-20-14)8-16-12-6-5-10-3-1-2-4-11(10)7-12/h1-7,9,16H,8H2,(H,18,19). The molecule has 0 spiro atoms. The molecular weight excluding hydrogens is 272 g/mol. The van der Waals surface area contributed by atoms with Crippen molar-refractivity contribution in [3.63, 3.8) is 0 Å². The number of carboxylic acid groups (broad SMARTS) is 1. The molecule has 0 saturated heterocycles. The van der Waals surface area contributed by atoms with E-state index in [1.807, 2.05) is 18.2 Å². The predicted octanol–water partition coefficient (Wildman–Crippen LogP) is 3.61. The van der Waals surface area contributed by atoms with Gasteiger partial charge in [-0.1, -0.05) is 30.3 Å². The van der Waals surface area contributed by atoms with E-state index in [4.69, 9.17) is 5.11 Å². The molecule has 1 aromatic heterocycles.